The van der Waals surface area contributed by atoms with Crippen molar-refractivity contribution in [3.8, 4) is 0 Å². The highest BCUT2D eigenvalue weighted by molar-refractivity contribution is 5.76. The Morgan fingerprint density at radius 2 is 1.70 bits per heavy atom. The summed E-state index contributed by atoms with van der Waals surface area (Å²) in [6, 6.07) is 18.1. The van der Waals surface area contributed by atoms with E-state index >= 15 is 0 Å². The number of hydrogen-bond donors (Lipinski definition) is 2. The first-order chi connectivity index (χ1) is 11.1. The smallest absolute Gasteiger partial charge is 0.220 e. The standard InChI is InChI=1S/C20H26N2O/c1-15(2)18(16-8-4-3-5-9-16)14-22-20(23)13-12-17-10-6-7-11-19(17)21/h3-11,15,18H,12-14,21H2,1-2H3,(H,22,23). The third-order valence-corrected chi connectivity index (χ3v) is 4.23. The fraction of sp³-hybridized carbons (Fsp3) is 0.350. The van der Waals surface area contributed by atoms with Crippen molar-refractivity contribution in [2.75, 3.05) is 12.3 Å². The lowest BCUT2D eigenvalue weighted by atomic mass is 9.88. The molecule has 23 heavy (non-hydrogen) atoms. The number of nitrogen functional groups attached to an aromatic ring is 1. The molecule has 0 saturated carbocycles. The minimum absolute atomic E-state index is 0.0786. The molecule has 122 valence electrons. The Morgan fingerprint density at radius 1 is 1.04 bits per heavy atom. The summed E-state index contributed by atoms with van der Waals surface area (Å²) in [7, 11) is 0. The average molecular weight is 310 g/mol. The average Bonchev–Trinajstić information content (AvgIpc) is 2.55. The van der Waals surface area contributed by atoms with Crippen LogP contribution in [0.1, 0.15) is 37.3 Å². The number of carbonyl (C=O) groups is 1. The molecule has 1 unspecified atom stereocenters. The van der Waals surface area contributed by atoms with Crippen LogP contribution in [0.15, 0.2) is 54.6 Å². The molecular formula is C20H26N2O. The van der Waals surface area contributed by atoms with Crippen molar-refractivity contribution in [3.63, 3.8) is 0 Å². The molecule has 3 N–H and O–H groups in total. The van der Waals surface area contributed by atoms with Crippen LogP contribution in [0.4, 0.5) is 5.69 Å². The first-order valence-electron chi connectivity index (χ1n) is 8.23. The molecule has 2 aromatic rings. The van der Waals surface area contributed by atoms with Gasteiger partial charge in [0, 0.05) is 24.6 Å². The van der Waals surface area contributed by atoms with Gasteiger partial charge in [-0.15, -0.1) is 0 Å². The third kappa shape index (κ3) is 5.13. The Kier molecular flexibility index (Phi) is 6.21. The first-order valence-corrected chi connectivity index (χ1v) is 8.23. The second-order valence-electron chi connectivity index (χ2n) is 6.26. The molecule has 0 aliphatic carbocycles. The Bertz CT molecular complexity index is 623. The van der Waals surface area contributed by atoms with Crippen molar-refractivity contribution in [2.24, 2.45) is 5.92 Å². The minimum atomic E-state index is 0.0786. The number of hydrogen-bond acceptors (Lipinski definition) is 2. The highest BCUT2D eigenvalue weighted by Gasteiger charge is 2.16. The predicted octanol–water partition coefficient (Wildman–Crippen LogP) is 3.76. The molecule has 0 radical (unpaired) electrons. The van der Waals surface area contributed by atoms with Crippen LogP contribution in [0, 0.1) is 5.92 Å². The normalized spacial score (nSPS) is 12.1. The van der Waals surface area contributed by atoms with E-state index in [0.29, 0.717) is 31.2 Å². The number of anilines is 1. The lowest BCUT2D eigenvalue weighted by Crippen LogP contribution is -2.30. The molecule has 2 aromatic carbocycles. The van der Waals surface area contributed by atoms with E-state index in [-0.39, 0.29) is 5.91 Å². The van der Waals surface area contributed by atoms with Crippen LogP contribution in [0.2, 0.25) is 0 Å². The molecule has 0 saturated heterocycles. The van der Waals surface area contributed by atoms with Gasteiger partial charge in [-0.1, -0.05) is 62.4 Å². The van der Waals surface area contributed by atoms with Crippen LogP contribution >= 0.6 is 0 Å². The summed E-state index contributed by atoms with van der Waals surface area (Å²) in [5.41, 5.74) is 8.97. The molecular weight excluding hydrogens is 284 g/mol. The summed E-state index contributed by atoms with van der Waals surface area (Å²) in [5.74, 6) is 0.888. The van der Waals surface area contributed by atoms with Crippen LogP contribution in [-0.4, -0.2) is 12.5 Å². The molecule has 2 rings (SSSR count). The van der Waals surface area contributed by atoms with Crippen molar-refractivity contribution < 1.29 is 4.79 Å². The van der Waals surface area contributed by atoms with Crippen molar-refractivity contribution in [3.05, 3.63) is 65.7 Å². The molecule has 3 heteroatoms. The molecule has 0 aromatic heterocycles. The molecule has 0 aliphatic rings. The summed E-state index contributed by atoms with van der Waals surface area (Å²) in [4.78, 5) is 12.1. The molecule has 3 nitrogen and oxygen atoms in total. The van der Waals surface area contributed by atoms with Gasteiger partial charge >= 0.3 is 0 Å². The Labute approximate surface area is 138 Å². The van der Waals surface area contributed by atoms with E-state index in [0.717, 1.165) is 11.3 Å². The van der Waals surface area contributed by atoms with Gasteiger partial charge in [0.05, 0.1) is 0 Å². The first kappa shape index (κ1) is 17.1. The number of carbonyl (C=O) groups excluding carboxylic acids is 1. The highest BCUT2D eigenvalue weighted by atomic mass is 16.1. The van der Waals surface area contributed by atoms with Gasteiger partial charge in [-0.3, -0.25) is 4.79 Å². The van der Waals surface area contributed by atoms with Crippen LogP contribution < -0.4 is 11.1 Å². The van der Waals surface area contributed by atoms with E-state index in [4.69, 9.17) is 5.73 Å². The summed E-state index contributed by atoms with van der Waals surface area (Å²) < 4.78 is 0. The Balaban J connectivity index is 1.86. The lowest BCUT2D eigenvalue weighted by molar-refractivity contribution is -0.121. The van der Waals surface area contributed by atoms with Gasteiger partial charge in [-0.25, -0.2) is 0 Å². The monoisotopic (exact) mass is 310 g/mol. The number of benzene rings is 2. The maximum absolute atomic E-state index is 12.1. The van der Waals surface area contributed by atoms with Gasteiger partial charge in [0.1, 0.15) is 0 Å². The number of para-hydroxylation sites is 1. The maximum Gasteiger partial charge on any atom is 0.220 e. The van der Waals surface area contributed by atoms with Gasteiger partial charge < -0.3 is 11.1 Å². The van der Waals surface area contributed by atoms with Crippen molar-refractivity contribution in [2.45, 2.75) is 32.6 Å². The summed E-state index contributed by atoms with van der Waals surface area (Å²) in [6.45, 7) is 5.05. The molecule has 0 heterocycles. The molecule has 1 amide bonds. The molecule has 0 spiro atoms. The van der Waals surface area contributed by atoms with Crippen LogP contribution in [0.25, 0.3) is 0 Å². The highest BCUT2D eigenvalue weighted by Crippen LogP contribution is 2.23. The van der Waals surface area contributed by atoms with Gasteiger partial charge in [-0.2, -0.15) is 0 Å². The zero-order valence-electron chi connectivity index (χ0n) is 14.0. The molecule has 0 fully saturated rings. The largest absolute Gasteiger partial charge is 0.399 e. The molecule has 0 bridgehead atoms. The van der Waals surface area contributed by atoms with Crippen molar-refractivity contribution in [1.82, 2.24) is 5.32 Å². The van der Waals surface area contributed by atoms with Gasteiger partial charge in [0.2, 0.25) is 5.91 Å². The van der Waals surface area contributed by atoms with Crippen LogP contribution in [0.3, 0.4) is 0 Å². The van der Waals surface area contributed by atoms with Gasteiger partial charge in [-0.05, 0) is 29.5 Å². The van der Waals surface area contributed by atoms with Gasteiger partial charge in [0.25, 0.3) is 0 Å². The fourth-order valence-corrected chi connectivity index (χ4v) is 2.76. The molecule has 0 aliphatic heterocycles. The van der Waals surface area contributed by atoms with Crippen LogP contribution in [-0.2, 0) is 11.2 Å². The van der Waals surface area contributed by atoms with Gasteiger partial charge in [0.15, 0.2) is 0 Å². The van der Waals surface area contributed by atoms with E-state index < -0.39 is 0 Å². The van der Waals surface area contributed by atoms with E-state index in [2.05, 4.69) is 31.3 Å². The SMILES string of the molecule is CC(C)C(CNC(=O)CCc1ccccc1N)c1ccccc1. The summed E-state index contributed by atoms with van der Waals surface area (Å²) in [6.07, 6.45) is 1.14. The maximum atomic E-state index is 12.1. The van der Waals surface area contributed by atoms with Crippen molar-refractivity contribution >= 4 is 11.6 Å². The minimum Gasteiger partial charge on any atom is -0.399 e. The number of rotatable bonds is 7. The quantitative estimate of drug-likeness (QED) is 0.765. The number of nitrogens with one attached hydrogen (secondary N) is 1. The molecule has 1 atom stereocenters. The zero-order valence-corrected chi connectivity index (χ0v) is 14.0. The van der Waals surface area contributed by atoms with Crippen LogP contribution in [0.5, 0.6) is 0 Å². The van der Waals surface area contributed by atoms with E-state index in [1.54, 1.807) is 0 Å². The van der Waals surface area contributed by atoms with Crippen molar-refractivity contribution in [1.29, 1.82) is 0 Å². The predicted molar refractivity (Wildman–Crippen MR) is 96.2 cm³/mol. The Hall–Kier alpha value is -2.29. The Morgan fingerprint density at radius 3 is 2.35 bits per heavy atom. The lowest BCUT2D eigenvalue weighted by Gasteiger charge is -2.22. The van der Waals surface area contributed by atoms with E-state index in [1.165, 1.54) is 5.56 Å². The second-order valence-corrected chi connectivity index (χ2v) is 6.26. The summed E-state index contributed by atoms with van der Waals surface area (Å²) >= 11 is 0. The number of nitrogens with two attached hydrogens (primary N) is 1. The number of aryl methyl sites for hydroxylation is 1. The van der Waals surface area contributed by atoms with E-state index in [9.17, 15) is 4.79 Å². The fourth-order valence-electron chi connectivity index (χ4n) is 2.76. The summed E-state index contributed by atoms with van der Waals surface area (Å²) in [5, 5.41) is 3.07. The van der Waals surface area contributed by atoms with E-state index in [1.807, 2.05) is 42.5 Å². The topological polar surface area (TPSA) is 55.1 Å². The third-order valence-electron chi connectivity index (χ3n) is 4.23. The number of amides is 1. The second kappa shape index (κ2) is 8.37. The zero-order chi connectivity index (χ0) is 16.7.